The zero-order chi connectivity index (χ0) is 12.8. The van der Waals surface area contributed by atoms with E-state index in [9.17, 15) is 0 Å². The molecule has 0 spiro atoms. The van der Waals surface area contributed by atoms with Crippen molar-refractivity contribution in [1.82, 2.24) is 0 Å². The summed E-state index contributed by atoms with van der Waals surface area (Å²) >= 11 is 0. The third-order valence-electron chi connectivity index (χ3n) is 2.71. The lowest BCUT2D eigenvalue weighted by Crippen LogP contribution is -1.92. The molecule has 2 nitrogen and oxygen atoms in total. The topological polar surface area (TPSA) is 47.6 Å². The van der Waals surface area contributed by atoms with Gasteiger partial charge in [0.05, 0.1) is 23.3 Å². The molecule has 1 radical (unpaired) electrons. The quantitative estimate of drug-likeness (QED) is 0.814. The standard InChI is InChI=1S/C16H11N2/c17-11-14-5-3-4-13(10-14)8-9-15-6-1-2-7-16(15)12-18/h1-8,10H,9H2. The van der Waals surface area contributed by atoms with Gasteiger partial charge in [-0.1, -0.05) is 30.3 Å². The molecule has 0 atom stereocenters. The van der Waals surface area contributed by atoms with Crippen molar-refractivity contribution in [3.63, 3.8) is 0 Å². The number of rotatable bonds is 3. The van der Waals surface area contributed by atoms with Crippen LogP contribution < -0.4 is 0 Å². The van der Waals surface area contributed by atoms with Gasteiger partial charge in [-0.25, -0.2) is 0 Å². The molecule has 0 heterocycles. The second-order valence-electron chi connectivity index (χ2n) is 3.91. The summed E-state index contributed by atoms with van der Waals surface area (Å²) in [5, 5.41) is 17.8. The van der Waals surface area contributed by atoms with E-state index in [1.807, 2.05) is 48.9 Å². The van der Waals surface area contributed by atoms with Gasteiger partial charge in [0.2, 0.25) is 0 Å². The van der Waals surface area contributed by atoms with Crippen molar-refractivity contribution < 1.29 is 0 Å². The summed E-state index contributed by atoms with van der Waals surface area (Å²) in [7, 11) is 0. The predicted octanol–water partition coefficient (Wildman–Crippen LogP) is 3.23. The second-order valence-corrected chi connectivity index (χ2v) is 3.91. The molecule has 0 N–H and O–H groups in total. The van der Waals surface area contributed by atoms with Crippen molar-refractivity contribution in [2.24, 2.45) is 0 Å². The summed E-state index contributed by atoms with van der Waals surface area (Å²) in [5.74, 6) is 0. The minimum absolute atomic E-state index is 0.650. The Hall–Kier alpha value is -2.58. The van der Waals surface area contributed by atoms with E-state index in [0.29, 0.717) is 17.5 Å². The zero-order valence-corrected chi connectivity index (χ0v) is 9.80. The molecule has 0 fully saturated rings. The van der Waals surface area contributed by atoms with Gasteiger partial charge in [0, 0.05) is 0 Å². The molecule has 0 aromatic heterocycles. The van der Waals surface area contributed by atoms with Gasteiger partial charge in [-0.05, 0) is 42.2 Å². The Morgan fingerprint density at radius 1 is 0.944 bits per heavy atom. The minimum Gasteiger partial charge on any atom is -0.192 e. The second kappa shape index (κ2) is 5.66. The molecule has 18 heavy (non-hydrogen) atoms. The van der Waals surface area contributed by atoms with Crippen LogP contribution in [0.2, 0.25) is 0 Å². The maximum atomic E-state index is 8.99. The molecule has 0 bridgehead atoms. The van der Waals surface area contributed by atoms with Gasteiger partial charge >= 0.3 is 0 Å². The summed E-state index contributed by atoms with van der Waals surface area (Å²) in [6.45, 7) is 0. The number of hydrogen-bond donors (Lipinski definition) is 0. The largest absolute Gasteiger partial charge is 0.192 e. The number of benzene rings is 2. The molecular weight excluding hydrogens is 220 g/mol. The average Bonchev–Trinajstić information content (AvgIpc) is 2.45. The van der Waals surface area contributed by atoms with E-state index >= 15 is 0 Å². The highest BCUT2D eigenvalue weighted by Crippen LogP contribution is 2.14. The molecule has 0 amide bonds. The molecular formula is C16H11N2. The molecule has 85 valence electrons. The summed E-state index contributed by atoms with van der Waals surface area (Å²) < 4.78 is 0. The van der Waals surface area contributed by atoms with Crippen molar-refractivity contribution in [2.75, 3.05) is 0 Å². The zero-order valence-electron chi connectivity index (χ0n) is 9.80. The molecule has 2 rings (SSSR count). The van der Waals surface area contributed by atoms with Gasteiger partial charge < -0.3 is 0 Å². The van der Waals surface area contributed by atoms with Crippen LogP contribution in [0.4, 0.5) is 0 Å². The summed E-state index contributed by atoms with van der Waals surface area (Å²) in [6.07, 6.45) is 2.72. The maximum Gasteiger partial charge on any atom is 0.0994 e. The van der Waals surface area contributed by atoms with Crippen LogP contribution in [-0.4, -0.2) is 0 Å². The van der Waals surface area contributed by atoms with Gasteiger partial charge in [0.15, 0.2) is 0 Å². The highest BCUT2D eigenvalue weighted by Gasteiger charge is 2.02. The first-order valence-electron chi connectivity index (χ1n) is 5.65. The predicted molar refractivity (Wildman–Crippen MR) is 69.4 cm³/mol. The van der Waals surface area contributed by atoms with Gasteiger partial charge in [0.1, 0.15) is 0 Å². The van der Waals surface area contributed by atoms with Crippen LogP contribution in [0.3, 0.4) is 0 Å². The Labute approximate surface area is 107 Å². The average molecular weight is 231 g/mol. The van der Waals surface area contributed by atoms with E-state index in [2.05, 4.69) is 12.1 Å². The molecule has 2 aromatic rings. The normalized spacial score (nSPS) is 9.44. The summed E-state index contributed by atoms with van der Waals surface area (Å²) in [5.41, 5.74) is 3.35. The van der Waals surface area contributed by atoms with Crippen molar-refractivity contribution in [3.05, 3.63) is 77.2 Å². The van der Waals surface area contributed by atoms with E-state index in [1.165, 1.54) is 0 Å². The third kappa shape index (κ3) is 2.75. The van der Waals surface area contributed by atoms with Crippen LogP contribution in [0.5, 0.6) is 0 Å². The Balaban J connectivity index is 2.12. The van der Waals surface area contributed by atoms with Crippen molar-refractivity contribution in [2.45, 2.75) is 6.42 Å². The van der Waals surface area contributed by atoms with Gasteiger partial charge in [-0.3, -0.25) is 0 Å². The first-order valence-corrected chi connectivity index (χ1v) is 5.65. The first-order chi connectivity index (χ1) is 8.83. The summed E-state index contributed by atoms with van der Waals surface area (Å²) in [6, 6.07) is 19.3. The lowest BCUT2D eigenvalue weighted by atomic mass is 9.99. The molecule has 0 aliphatic carbocycles. The fourth-order valence-electron chi connectivity index (χ4n) is 1.77. The smallest absolute Gasteiger partial charge is 0.0994 e. The number of hydrogen-bond acceptors (Lipinski definition) is 2. The van der Waals surface area contributed by atoms with Crippen LogP contribution in [0.25, 0.3) is 0 Å². The fourth-order valence-corrected chi connectivity index (χ4v) is 1.77. The van der Waals surface area contributed by atoms with Crippen molar-refractivity contribution in [3.8, 4) is 12.1 Å². The SMILES string of the molecule is N#Cc1cccc([CH]Cc2ccccc2C#N)c1. The maximum absolute atomic E-state index is 8.99. The van der Waals surface area contributed by atoms with Crippen molar-refractivity contribution >= 4 is 0 Å². The Bertz CT molecular complexity index is 630. The molecule has 0 aliphatic heterocycles. The van der Waals surface area contributed by atoms with E-state index in [-0.39, 0.29) is 0 Å². The molecule has 0 aliphatic rings. The minimum atomic E-state index is 0.650. The number of nitrogens with zero attached hydrogens (tertiary/aromatic N) is 2. The summed E-state index contributed by atoms with van der Waals surface area (Å²) in [4.78, 5) is 0. The Kier molecular flexibility index (Phi) is 3.74. The van der Waals surface area contributed by atoms with E-state index in [4.69, 9.17) is 10.5 Å². The molecule has 2 aromatic carbocycles. The molecule has 0 saturated heterocycles. The van der Waals surface area contributed by atoms with Crippen LogP contribution >= 0.6 is 0 Å². The molecule has 2 heteroatoms. The van der Waals surface area contributed by atoms with Crippen molar-refractivity contribution in [1.29, 1.82) is 10.5 Å². The highest BCUT2D eigenvalue weighted by molar-refractivity contribution is 5.41. The highest BCUT2D eigenvalue weighted by atomic mass is 14.2. The van der Waals surface area contributed by atoms with Crippen LogP contribution in [0, 0.1) is 29.1 Å². The first kappa shape index (κ1) is 11.9. The lowest BCUT2D eigenvalue weighted by molar-refractivity contribution is 1.15. The Morgan fingerprint density at radius 2 is 1.78 bits per heavy atom. The monoisotopic (exact) mass is 231 g/mol. The van der Waals surface area contributed by atoms with E-state index in [1.54, 1.807) is 6.07 Å². The van der Waals surface area contributed by atoms with E-state index in [0.717, 1.165) is 11.1 Å². The van der Waals surface area contributed by atoms with Gasteiger partial charge in [0.25, 0.3) is 0 Å². The van der Waals surface area contributed by atoms with Crippen LogP contribution in [0.1, 0.15) is 22.3 Å². The molecule has 0 saturated carbocycles. The van der Waals surface area contributed by atoms with Crippen LogP contribution in [0.15, 0.2) is 48.5 Å². The molecule has 0 unspecified atom stereocenters. The van der Waals surface area contributed by atoms with Gasteiger partial charge in [-0.15, -0.1) is 0 Å². The van der Waals surface area contributed by atoms with Crippen LogP contribution in [-0.2, 0) is 6.42 Å². The van der Waals surface area contributed by atoms with E-state index < -0.39 is 0 Å². The Morgan fingerprint density at radius 3 is 2.56 bits per heavy atom. The third-order valence-corrected chi connectivity index (χ3v) is 2.71. The van der Waals surface area contributed by atoms with Gasteiger partial charge in [-0.2, -0.15) is 10.5 Å². The number of nitriles is 2. The fraction of sp³-hybridized carbons (Fsp3) is 0.0625. The lowest BCUT2D eigenvalue weighted by Gasteiger charge is -2.04.